The lowest BCUT2D eigenvalue weighted by Crippen LogP contribution is -2.43. The Hall–Kier alpha value is -2.71. The molecule has 2 aliphatic carbocycles. The van der Waals surface area contributed by atoms with E-state index in [2.05, 4.69) is 21.7 Å². The van der Waals surface area contributed by atoms with Gasteiger partial charge in [0.1, 0.15) is 29.7 Å². The molecule has 2 unspecified atom stereocenters. The van der Waals surface area contributed by atoms with Gasteiger partial charge >= 0.3 is 0 Å². The van der Waals surface area contributed by atoms with Gasteiger partial charge in [-0.25, -0.2) is 13.8 Å². The summed E-state index contributed by atoms with van der Waals surface area (Å²) in [6, 6.07) is 5.02. The van der Waals surface area contributed by atoms with Crippen molar-refractivity contribution in [2.45, 2.75) is 69.5 Å². The van der Waals surface area contributed by atoms with Crippen LogP contribution in [0.3, 0.4) is 0 Å². The zero-order valence-electron chi connectivity index (χ0n) is 24.0. The van der Waals surface area contributed by atoms with Crippen LogP contribution >= 0.6 is 11.6 Å². The summed E-state index contributed by atoms with van der Waals surface area (Å²) in [6.45, 7) is 5.66. The third kappa shape index (κ3) is 4.43. The molecule has 42 heavy (non-hydrogen) atoms. The van der Waals surface area contributed by atoms with Gasteiger partial charge in [0.25, 0.3) is 0 Å². The standard InChI is InChI=1S/C33H37ClF2N4O2/c1-18-7-23(18)29-24(9-22(41)10-26(29)34)31-30(36)32-25(13-37-31)27(39-14-19-3-4-20(8-19)15-39)11-28(38-32)42-17-33-5-2-6-40(33)16-21(35)12-33/h9-11,13,18-21,23,41H,2-8,12,14-17H2,1H3/t18-,19?,20?,21+,23-,33-/m0/s1. The molecule has 9 heteroatoms. The molecule has 1 aromatic carbocycles. The van der Waals surface area contributed by atoms with Gasteiger partial charge in [-0.3, -0.25) is 9.88 Å². The maximum absolute atomic E-state index is 16.7. The van der Waals surface area contributed by atoms with Gasteiger partial charge in [0.05, 0.1) is 11.2 Å². The molecule has 3 aliphatic heterocycles. The molecule has 3 saturated heterocycles. The lowest BCUT2D eigenvalue weighted by atomic mass is 9.95. The number of halogens is 3. The summed E-state index contributed by atoms with van der Waals surface area (Å²) < 4.78 is 37.5. The topological polar surface area (TPSA) is 61.7 Å². The molecule has 3 aromatic rings. The van der Waals surface area contributed by atoms with Crippen molar-refractivity contribution in [1.29, 1.82) is 0 Å². The molecular weight excluding hydrogens is 558 g/mol. The quantitative estimate of drug-likeness (QED) is 0.328. The second-order valence-corrected chi connectivity index (χ2v) is 14.1. The van der Waals surface area contributed by atoms with Crippen LogP contribution in [0.1, 0.15) is 63.4 Å². The highest BCUT2D eigenvalue weighted by Gasteiger charge is 2.49. The molecule has 0 radical (unpaired) electrons. The van der Waals surface area contributed by atoms with E-state index in [1.807, 2.05) is 6.07 Å². The Morgan fingerprint density at radius 3 is 2.69 bits per heavy atom. The average Bonchev–Trinajstić information content (AvgIpc) is 3.22. The van der Waals surface area contributed by atoms with E-state index in [9.17, 15) is 9.50 Å². The number of pyridine rings is 2. The first-order valence-corrected chi connectivity index (χ1v) is 15.9. The summed E-state index contributed by atoms with van der Waals surface area (Å²) in [5.74, 6) is 1.70. The molecule has 2 aromatic heterocycles. The number of hydrogen-bond donors (Lipinski definition) is 1. The maximum Gasteiger partial charge on any atom is 0.216 e. The third-order valence-electron chi connectivity index (χ3n) is 10.8. The molecule has 5 aliphatic rings. The Bertz CT molecular complexity index is 1560. The average molecular weight is 595 g/mol. The van der Waals surface area contributed by atoms with Crippen LogP contribution in [0.2, 0.25) is 5.02 Å². The van der Waals surface area contributed by atoms with E-state index in [0.29, 0.717) is 59.2 Å². The number of piperidine rings is 1. The van der Waals surface area contributed by atoms with Gasteiger partial charge in [-0.2, -0.15) is 0 Å². The molecule has 5 heterocycles. The number of anilines is 1. The number of ether oxygens (including phenoxy) is 1. The zero-order chi connectivity index (χ0) is 28.7. The Morgan fingerprint density at radius 2 is 1.93 bits per heavy atom. The molecule has 2 saturated carbocycles. The van der Waals surface area contributed by atoms with Crippen molar-refractivity contribution in [3.63, 3.8) is 0 Å². The number of benzene rings is 1. The molecule has 5 fully saturated rings. The summed E-state index contributed by atoms with van der Waals surface area (Å²) in [7, 11) is 0. The van der Waals surface area contributed by atoms with Crippen LogP contribution in [0.15, 0.2) is 24.4 Å². The van der Waals surface area contributed by atoms with E-state index < -0.39 is 12.0 Å². The van der Waals surface area contributed by atoms with Gasteiger partial charge in [-0.1, -0.05) is 18.5 Å². The van der Waals surface area contributed by atoms with Crippen LogP contribution in [-0.2, 0) is 0 Å². The normalized spacial score (nSPS) is 32.1. The van der Waals surface area contributed by atoms with Crippen molar-refractivity contribution in [2.24, 2.45) is 17.8 Å². The minimum Gasteiger partial charge on any atom is -0.508 e. The fourth-order valence-electron chi connectivity index (χ4n) is 8.60. The van der Waals surface area contributed by atoms with Crippen molar-refractivity contribution < 1.29 is 18.6 Å². The number of nitrogens with zero attached hydrogens (tertiary/aromatic N) is 4. The lowest BCUT2D eigenvalue weighted by molar-refractivity contribution is 0.111. The van der Waals surface area contributed by atoms with Gasteiger partial charge in [0, 0.05) is 54.3 Å². The van der Waals surface area contributed by atoms with Crippen LogP contribution in [-0.4, -0.2) is 64.5 Å². The Balaban J connectivity index is 1.23. The monoisotopic (exact) mass is 594 g/mol. The minimum absolute atomic E-state index is 0.0222. The van der Waals surface area contributed by atoms with E-state index >= 15 is 4.39 Å². The number of phenols is 1. The lowest BCUT2D eigenvalue weighted by Gasteiger charge is -2.35. The number of phenolic OH excluding ortho intramolecular Hbond substituents is 1. The Labute approximate surface area is 250 Å². The molecular formula is C33H37ClF2N4O2. The predicted molar refractivity (Wildman–Crippen MR) is 160 cm³/mol. The minimum atomic E-state index is -0.846. The van der Waals surface area contributed by atoms with Crippen molar-refractivity contribution >= 4 is 28.2 Å². The van der Waals surface area contributed by atoms with Crippen LogP contribution in [0.25, 0.3) is 22.2 Å². The molecule has 1 N–H and O–H groups in total. The SMILES string of the molecule is C[C@H]1C[C@@H]1c1c(Cl)cc(O)cc1-c1ncc2c(N3CC4CCC(C4)C3)cc(OC[C@@]34CCCN3C[C@H](F)C4)nc2c1F. The Kier molecular flexibility index (Phi) is 6.34. The number of fused-ring (bicyclic) bond motifs is 4. The Morgan fingerprint density at radius 1 is 1.14 bits per heavy atom. The second-order valence-electron chi connectivity index (χ2n) is 13.7. The first-order valence-electron chi connectivity index (χ1n) is 15.6. The molecule has 8 rings (SSSR count). The molecule has 6 nitrogen and oxygen atoms in total. The summed E-state index contributed by atoms with van der Waals surface area (Å²) in [5, 5.41) is 11.5. The van der Waals surface area contributed by atoms with Gasteiger partial charge in [0.15, 0.2) is 5.82 Å². The van der Waals surface area contributed by atoms with Crippen LogP contribution in [0.5, 0.6) is 11.6 Å². The highest BCUT2D eigenvalue weighted by Crippen LogP contribution is 2.53. The number of aromatic hydroxyl groups is 1. The third-order valence-corrected chi connectivity index (χ3v) is 11.1. The largest absolute Gasteiger partial charge is 0.508 e. The molecule has 6 atom stereocenters. The van der Waals surface area contributed by atoms with Crippen LogP contribution in [0, 0.1) is 23.6 Å². The van der Waals surface area contributed by atoms with E-state index in [1.165, 1.54) is 25.3 Å². The predicted octanol–water partition coefficient (Wildman–Crippen LogP) is 7.11. The van der Waals surface area contributed by atoms with Crippen molar-refractivity contribution in [3.05, 3.63) is 40.8 Å². The fraction of sp³-hybridized carbons (Fsp3) is 0.576. The summed E-state index contributed by atoms with van der Waals surface area (Å²) in [5.41, 5.74) is 2.26. The molecule has 2 bridgehead atoms. The fourth-order valence-corrected chi connectivity index (χ4v) is 8.95. The van der Waals surface area contributed by atoms with E-state index in [0.717, 1.165) is 50.1 Å². The van der Waals surface area contributed by atoms with E-state index in [1.54, 1.807) is 12.3 Å². The highest BCUT2D eigenvalue weighted by atomic mass is 35.5. The van der Waals surface area contributed by atoms with E-state index in [-0.39, 0.29) is 28.4 Å². The van der Waals surface area contributed by atoms with Crippen molar-refractivity contribution in [1.82, 2.24) is 14.9 Å². The van der Waals surface area contributed by atoms with Crippen LogP contribution in [0.4, 0.5) is 14.5 Å². The van der Waals surface area contributed by atoms with Crippen molar-refractivity contribution in [3.8, 4) is 22.9 Å². The smallest absolute Gasteiger partial charge is 0.216 e. The number of alkyl halides is 1. The van der Waals surface area contributed by atoms with Gasteiger partial charge < -0.3 is 14.7 Å². The number of hydrogen-bond acceptors (Lipinski definition) is 6. The van der Waals surface area contributed by atoms with Crippen molar-refractivity contribution in [2.75, 3.05) is 37.7 Å². The number of aromatic nitrogens is 2. The highest BCUT2D eigenvalue weighted by molar-refractivity contribution is 6.32. The molecule has 0 amide bonds. The van der Waals surface area contributed by atoms with Crippen LogP contribution < -0.4 is 9.64 Å². The summed E-state index contributed by atoms with van der Waals surface area (Å²) in [6.07, 6.45) is 7.94. The zero-order valence-corrected chi connectivity index (χ0v) is 24.7. The number of rotatable bonds is 6. The molecule has 222 valence electrons. The second kappa shape index (κ2) is 9.91. The summed E-state index contributed by atoms with van der Waals surface area (Å²) in [4.78, 5) is 14.0. The first-order chi connectivity index (χ1) is 20.3. The van der Waals surface area contributed by atoms with Gasteiger partial charge in [0.2, 0.25) is 5.88 Å². The molecule has 0 spiro atoms. The van der Waals surface area contributed by atoms with E-state index in [4.69, 9.17) is 21.3 Å². The van der Waals surface area contributed by atoms with Gasteiger partial charge in [-0.15, -0.1) is 0 Å². The first kappa shape index (κ1) is 26.9. The summed E-state index contributed by atoms with van der Waals surface area (Å²) >= 11 is 6.61. The maximum atomic E-state index is 16.7. The van der Waals surface area contributed by atoms with Gasteiger partial charge in [-0.05, 0) is 86.4 Å².